The Kier molecular flexibility index (Phi) is 4.94. The Bertz CT molecular complexity index is 172. The predicted octanol–water partition coefficient (Wildman–Crippen LogP) is 1.85. The Labute approximate surface area is 86.0 Å². The molecule has 1 saturated carbocycles. The first kappa shape index (κ1) is 11.5. The Morgan fingerprint density at radius 2 is 1.93 bits per heavy atom. The number of nitrogens with two attached hydrogens (primary N) is 1. The van der Waals surface area contributed by atoms with Gasteiger partial charge in [0.05, 0.1) is 6.61 Å². The van der Waals surface area contributed by atoms with Crippen LogP contribution in [0.15, 0.2) is 0 Å². The molecule has 0 bridgehead atoms. The summed E-state index contributed by atoms with van der Waals surface area (Å²) in [7, 11) is 0. The van der Waals surface area contributed by atoms with E-state index < -0.39 is 6.04 Å². The van der Waals surface area contributed by atoms with E-state index in [1.54, 1.807) is 6.92 Å². The molecule has 1 fully saturated rings. The largest absolute Gasteiger partial charge is 0.464 e. The van der Waals surface area contributed by atoms with Crippen LogP contribution in [-0.4, -0.2) is 18.6 Å². The molecule has 1 aliphatic rings. The first-order chi connectivity index (χ1) is 6.70. The van der Waals surface area contributed by atoms with Crippen LogP contribution in [0.1, 0.15) is 45.4 Å². The van der Waals surface area contributed by atoms with Gasteiger partial charge in [-0.2, -0.15) is 0 Å². The van der Waals surface area contributed by atoms with E-state index in [-0.39, 0.29) is 5.97 Å². The molecule has 2 N–H and O–H groups in total. The first-order valence-corrected chi connectivity index (χ1v) is 5.62. The first-order valence-electron chi connectivity index (χ1n) is 5.62. The minimum atomic E-state index is -0.485. The van der Waals surface area contributed by atoms with Crippen molar-refractivity contribution in [2.75, 3.05) is 6.61 Å². The Morgan fingerprint density at radius 3 is 2.43 bits per heavy atom. The van der Waals surface area contributed by atoms with Crippen molar-refractivity contribution >= 4 is 5.97 Å². The number of ether oxygens (including phenoxy) is 1. The van der Waals surface area contributed by atoms with Gasteiger partial charge in [0.25, 0.3) is 0 Å². The van der Waals surface area contributed by atoms with Crippen LogP contribution in [0.4, 0.5) is 0 Å². The van der Waals surface area contributed by atoms with Gasteiger partial charge in [-0.25, -0.2) is 0 Å². The van der Waals surface area contributed by atoms with Crippen LogP contribution in [0.3, 0.4) is 0 Å². The predicted molar refractivity (Wildman–Crippen MR) is 55.8 cm³/mol. The second-order valence-electron chi connectivity index (χ2n) is 4.28. The van der Waals surface area contributed by atoms with Crippen LogP contribution in [0.5, 0.6) is 0 Å². The fraction of sp³-hybridized carbons (Fsp3) is 0.909. The van der Waals surface area contributed by atoms with Crippen molar-refractivity contribution in [3.05, 3.63) is 0 Å². The minimum Gasteiger partial charge on any atom is -0.464 e. The van der Waals surface area contributed by atoms with Crippen LogP contribution in [0.25, 0.3) is 0 Å². The third kappa shape index (κ3) is 4.09. The van der Waals surface area contributed by atoms with E-state index in [1.807, 2.05) is 0 Å². The number of rotatable bonds is 3. The van der Waals surface area contributed by atoms with Crippen molar-refractivity contribution in [1.29, 1.82) is 0 Å². The van der Waals surface area contributed by atoms with Crippen LogP contribution in [0, 0.1) is 5.92 Å². The monoisotopic (exact) mass is 199 g/mol. The van der Waals surface area contributed by atoms with E-state index in [9.17, 15) is 4.79 Å². The molecule has 0 radical (unpaired) electrons. The van der Waals surface area contributed by atoms with E-state index in [0.717, 1.165) is 0 Å². The highest BCUT2D eigenvalue weighted by molar-refractivity contribution is 5.74. The zero-order valence-corrected chi connectivity index (χ0v) is 9.00. The third-order valence-corrected chi connectivity index (χ3v) is 2.81. The summed E-state index contributed by atoms with van der Waals surface area (Å²) in [5, 5.41) is 0. The Morgan fingerprint density at radius 1 is 1.36 bits per heavy atom. The summed E-state index contributed by atoms with van der Waals surface area (Å²) < 4.78 is 5.13. The molecular formula is C11H21NO2. The van der Waals surface area contributed by atoms with E-state index in [1.165, 1.54) is 38.5 Å². The highest BCUT2D eigenvalue weighted by Crippen LogP contribution is 2.22. The van der Waals surface area contributed by atoms with Crippen molar-refractivity contribution in [1.82, 2.24) is 0 Å². The summed E-state index contributed by atoms with van der Waals surface area (Å²) in [6.07, 6.45) is 7.62. The normalized spacial score (nSPS) is 21.3. The van der Waals surface area contributed by atoms with Crippen LogP contribution < -0.4 is 5.73 Å². The van der Waals surface area contributed by atoms with Crippen LogP contribution in [0.2, 0.25) is 0 Å². The van der Waals surface area contributed by atoms with Gasteiger partial charge in [0.2, 0.25) is 0 Å². The average molecular weight is 199 g/mol. The lowest BCUT2D eigenvalue weighted by molar-refractivity contribution is -0.146. The van der Waals surface area contributed by atoms with Crippen molar-refractivity contribution in [2.45, 2.75) is 51.5 Å². The molecule has 0 aromatic rings. The van der Waals surface area contributed by atoms with Gasteiger partial charge < -0.3 is 10.5 Å². The van der Waals surface area contributed by atoms with Gasteiger partial charge in [-0.1, -0.05) is 25.7 Å². The summed E-state index contributed by atoms with van der Waals surface area (Å²) in [6, 6.07) is -0.485. The highest BCUT2D eigenvalue weighted by atomic mass is 16.5. The van der Waals surface area contributed by atoms with Gasteiger partial charge in [0, 0.05) is 0 Å². The molecular weight excluding hydrogens is 178 g/mol. The number of hydrogen-bond acceptors (Lipinski definition) is 3. The van der Waals surface area contributed by atoms with Gasteiger partial charge in [0.1, 0.15) is 6.04 Å². The summed E-state index contributed by atoms with van der Waals surface area (Å²) in [6.45, 7) is 2.23. The summed E-state index contributed by atoms with van der Waals surface area (Å²) in [4.78, 5) is 11.1. The number of carbonyl (C=O) groups is 1. The maximum atomic E-state index is 11.1. The average Bonchev–Trinajstić information content (AvgIpc) is 2.42. The minimum absolute atomic E-state index is 0.269. The highest BCUT2D eigenvalue weighted by Gasteiger charge is 2.15. The van der Waals surface area contributed by atoms with E-state index >= 15 is 0 Å². The fourth-order valence-electron chi connectivity index (χ4n) is 1.86. The topological polar surface area (TPSA) is 52.3 Å². The van der Waals surface area contributed by atoms with Gasteiger partial charge in [-0.05, 0) is 25.7 Å². The van der Waals surface area contributed by atoms with Crippen molar-refractivity contribution < 1.29 is 9.53 Å². The van der Waals surface area contributed by atoms with Gasteiger partial charge in [0.15, 0.2) is 0 Å². The number of hydrogen-bond donors (Lipinski definition) is 1. The van der Waals surface area contributed by atoms with E-state index in [4.69, 9.17) is 10.5 Å². The fourth-order valence-corrected chi connectivity index (χ4v) is 1.86. The molecule has 1 atom stereocenters. The second kappa shape index (κ2) is 6.02. The lowest BCUT2D eigenvalue weighted by Gasteiger charge is -2.14. The van der Waals surface area contributed by atoms with Crippen LogP contribution in [-0.2, 0) is 9.53 Å². The molecule has 14 heavy (non-hydrogen) atoms. The Hall–Kier alpha value is -0.570. The van der Waals surface area contributed by atoms with Gasteiger partial charge in [-0.3, -0.25) is 4.79 Å². The Balaban J connectivity index is 2.19. The second-order valence-corrected chi connectivity index (χ2v) is 4.28. The lowest BCUT2D eigenvalue weighted by Crippen LogP contribution is -2.30. The molecule has 0 heterocycles. The number of esters is 1. The standard InChI is InChI=1S/C11H21NO2/c1-9(12)11(13)14-8-10-6-4-2-3-5-7-10/h9-10H,2-8,12H2,1H3. The van der Waals surface area contributed by atoms with Crippen molar-refractivity contribution in [2.24, 2.45) is 11.7 Å². The maximum absolute atomic E-state index is 11.1. The molecule has 82 valence electrons. The molecule has 1 unspecified atom stereocenters. The molecule has 0 saturated heterocycles. The molecule has 1 aliphatic carbocycles. The van der Waals surface area contributed by atoms with Gasteiger partial charge >= 0.3 is 5.97 Å². The summed E-state index contributed by atoms with van der Waals surface area (Å²) in [5.41, 5.74) is 5.41. The molecule has 3 heteroatoms. The van der Waals surface area contributed by atoms with Crippen molar-refractivity contribution in [3.63, 3.8) is 0 Å². The van der Waals surface area contributed by atoms with Gasteiger partial charge in [-0.15, -0.1) is 0 Å². The molecule has 0 aromatic heterocycles. The number of carbonyl (C=O) groups excluding carboxylic acids is 1. The van der Waals surface area contributed by atoms with E-state index in [0.29, 0.717) is 12.5 Å². The molecule has 0 amide bonds. The third-order valence-electron chi connectivity index (χ3n) is 2.81. The molecule has 1 rings (SSSR count). The zero-order chi connectivity index (χ0) is 10.4. The molecule has 0 spiro atoms. The quantitative estimate of drug-likeness (QED) is 0.557. The maximum Gasteiger partial charge on any atom is 0.322 e. The summed E-state index contributed by atoms with van der Waals surface area (Å²) >= 11 is 0. The van der Waals surface area contributed by atoms with E-state index in [2.05, 4.69) is 0 Å². The molecule has 0 aliphatic heterocycles. The summed E-state index contributed by atoms with van der Waals surface area (Å²) in [5.74, 6) is 0.300. The zero-order valence-electron chi connectivity index (χ0n) is 9.00. The molecule has 3 nitrogen and oxygen atoms in total. The van der Waals surface area contributed by atoms with Crippen molar-refractivity contribution in [3.8, 4) is 0 Å². The van der Waals surface area contributed by atoms with Crippen LogP contribution >= 0.6 is 0 Å². The lowest BCUT2D eigenvalue weighted by atomic mass is 10.0. The smallest absolute Gasteiger partial charge is 0.322 e. The SMILES string of the molecule is CC(N)C(=O)OCC1CCCCCC1. The molecule has 0 aromatic carbocycles.